The molecule has 0 fully saturated rings. The first-order valence-corrected chi connectivity index (χ1v) is 11.8. The summed E-state index contributed by atoms with van der Waals surface area (Å²) in [5.74, 6) is 4.41. The van der Waals surface area contributed by atoms with E-state index in [0.717, 1.165) is 64.9 Å². The summed E-state index contributed by atoms with van der Waals surface area (Å²) in [6.45, 7) is 5.09. The van der Waals surface area contributed by atoms with Crippen molar-refractivity contribution in [2.75, 3.05) is 6.61 Å². The Kier molecular flexibility index (Phi) is 8.93. The first kappa shape index (κ1) is 22.8. The van der Waals surface area contributed by atoms with Crippen molar-refractivity contribution >= 4 is 11.3 Å². The minimum atomic E-state index is -0.181. The molecule has 0 bridgehead atoms. The Hall–Kier alpha value is -2.84. The molecule has 0 saturated carbocycles. The van der Waals surface area contributed by atoms with E-state index in [1.54, 1.807) is 11.3 Å². The van der Waals surface area contributed by atoms with Gasteiger partial charge in [0.15, 0.2) is 6.10 Å². The average Bonchev–Trinajstić information content (AvgIpc) is 3.30. The zero-order valence-corrected chi connectivity index (χ0v) is 19.2. The van der Waals surface area contributed by atoms with E-state index >= 15 is 0 Å². The molecule has 1 heterocycles. The van der Waals surface area contributed by atoms with Gasteiger partial charge in [-0.3, -0.25) is 0 Å². The van der Waals surface area contributed by atoms with Crippen LogP contribution in [0.3, 0.4) is 0 Å². The predicted octanol–water partition coefficient (Wildman–Crippen LogP) is 7.01. The number of benzene rings is 2. The average molecular weight is 435 g/mol. The third kappa shape index (κ3) is 6.83. The molecular formula is C26H30N2O2S. The van der Waals surface area contributed by atoms with Crippen molar-refractivity contribution in [3.63, 3.8) is 0 Å². The molecule has 1 atom stereocenters. The van der Waals surface area contributed by atoms with Crippen LogP contribution in [0.15, 0.2) is 48.5 Å². The largest absolute Gasteiger partial charge is 0.494 e. The quantitative estimate of drug-likeness (QED) is 0.227. The fourth-order valence-corrected chi connectivity index (χ4v) is 3.94. The summed E-state index contributed by atoms with van der Waals surface area (Å²) >= 11 is 1.57. The Morgan fingerprint density at radius 2 is 1.42 bits per heavy atom. The van der Waals surface area contributed by atoms with E-state index in [9.17, 15) is 0 Å². The van der Waals surface area contributed by atoms with Gasteiger partial charge in [-0.1, -0.05) is 50.4 Å². The third-order valence-electron chi connectivity index (χ3n) is 4.93. The monoisotopic (exact) mass is 434 g/mol. The van der Waals surface area contributed by atoms with Crippen molar-refractivity contribution in [1.82, 2.24) is 10.2 Å². The third-order valence-corrected chi connectivity index (χ3v) is 5.95. The predicted molar refractivity (Wildman–Crippen MR) is 129 cm³/mol. The molecule has 0 aliphatic carbocycles. The van der Waals surface area contributed by atoms with Crippen molar-refractivity contribution in [2.45, 2.75) is 58.5 Å². The lowest BCUT2D eigenvalue weighted by atomic mass is 10.1. The standard InChI is InChI=1S/C26H30N2O2S/c1-4-7-9-10-22(6-3)30-24-17-13-21(14-18-24)26-28-27-25(31-26)20-11-15-23(16-12-20)29-19-8-5-2/h3,11-18,22H,4-5,7-10,19H2,1-2H3/t22-/m1/s1. The van der Waals surface area contributed by atoms with Gasteiger partial charge in [0.2, 0.25) is 0 Å². The molecule has 0 aliphatic rings. The summed E-state index contributed by atoms with van der Waals surface area (Å²) in [5.41, 5.74) is 2.05. The van der Waals surface area contributed by atoms with Gasteiger partial charge in [0.1, 0.15) is 21.5 Å². The summed E-state index contributed by atoms with van der Waals surface area (Å²) in [7, 11) is 0. The van der Waals surface area contributed by atoms with Crippen LogP contribution in [0.2, 0.25) is 0 Å². The summed E-state index contributed by atoms with van der Waals surface area (Å²) in [4.78, 5) is 0. The number of unbranched alkanes of at least 4 members (excludes halogenated alkanes) is 3. The van der Waals surface area contributed by atoms with Gasteiger partial charge in [-0.05, 0) is 67.8 Å². The Morgan fingerprint density at radius 3 is 1.97 bits per heavy atom. The van der Waals surface area contributed by atoms with Gasteiger partial charge in [-0.2, -0.15) is 0 Å². The first-order chi connectivity index (χ1) is 15.2. The number of rotatable bonds is 12. The molecule has 0 radical (unpaired) electrons. The van der Waals surface area contributed by atoms with E-state index in [0.29, 0.717) is 0 Å². The smallest absolute Gasteiger partial charge is 0.158 e. The minimum Gasteiger partial charge on any atom is -0.494 e. The second kappa shape index (κ2) is 12.1. The summed E-state index contributed by atoms with van der Waals surface area (Å²) in [6, 6.07) is 15.9. The molecule has 0 spiro atoms. The fourth-order valence-electron chi connectivity index (χ4n) is 3.08. The number of nitrogens with zero attached hydrogens (tertiary/aromatic N) is 2. The summed E-state index contributed by atoms with van der Waals surface area (Å²) in [5, 5.41) is 10.5. The van der Waals surface area contributed by atoms with Gasteiger partial charge < -0.3 is 9.47 Å². The summed E-state index contributed by atoms with van der Waals surface area (Å²) in [6.07, 6.45) is 11.9. The number of hydrogen-bond donors (Lipinski definition) is 0. The van der Waals surface area contributed by atoms with E-state index in [1.165, 1.54) is 12.8 Å². The van der Waals surface area contributed by atoms with E-state index in [-0.39, 0.29) is 6.10 Å². The maximum atomic E-state index is 5.94. The maximum absolute atomic E-state index is 5.94. The Bertz CT molecular complexity index is 958. The van der Waals surface area contributed by atoms with Gasteiger partial charge in [0.05, 0.1) is 6.61 Å². The van der Waals surface area contributed by atoms with Gasteiger partial charge >= 0.3 is 0 Å². The van der Waals surface area contributed by atoms with Crippen molar-refractivity contribution in [3.05, 3.63) is 48.5 Å². The molecule has 1 aromatic heterocycles. The van der Waals surface area contributed by atoms with Crippen LogP contribution in [0.4, 0.5) is 0 Å². The molecule has 0 aliphatic heterocycles. The lowest BCUT2D eigenvalue weighted by molar-refractivity contribution is 0.243. The summed E-state index contributed by atoms with van der Waals surface area (Å²) < 4.78 is 11.7. The number of ether oxygens (including phenoxy) is 2. The van der Waals surface area contributed by atoms with E-state index in [2.05, 4.69) is 30.0 Å². The van der Waals surface area contributed by atoms with Crippen LogP contribution < -0.4 is 9.47 Å². The van der Waals surface area contributed by atoms with Crippen molar-refractivity contribution in [3.8, 4) is 45.0 Å². The molecule has 0 unspecified atom stereocenters. The van der Waals surface area contributed by atoms with Crippen LogP contribution in [-0.4, -0.2) is 22.9 Å². The molecule has 0 N–H and O–H groups in total. The molecule has 5 heteroatoms. The molecule has 2 aromatic carbocycles. The van der Waals surface area contributed by atoms with Crippen LogP contribution in [0.1, 0.15) is 52.4 Å². The second-order valence-corrected chi connectivity index (χ2v) is 8.41. The van der Waals surface area contributed by atoms with E-state index in [4.69, 9.17) is 15.9 Å². The van der Waals surface area contributed by atoms with Crippen molar-refractivity contribution in [1.29, 1.82) is 0 Å². The first-order valence-electron chi connectivity index (χ1n) is 11.0. The van der Waals surface area contributed by atoms with Crippen molar-refractivity contribution < 1.29 is 9.47 Å². The lowest BCUT2D eigenvalue weighted by Crippen LogP contribution is -2.13. The van der Waals surface area contributed by atoms with Crippen LogP contribution in [0.25, 0.3) is 21.1 Å². The van der Waals surface area contributed by atoms with Crippen LogP contribution in [-0.2, 0) is 0 Å². The number of terminal acetylenes is 1. The highest BCUT2D eigenvalue weighted by Crippen LogP contribution is 2.31. The van der Waals surface area contributed by atoms with Crippen LogP contribution >= 0.6 is 11.3 Å². The highest BCUT2D eigenvalue weighted by Gasteiger charge is 2.11. The molecule has 3 rings (SSSR count). The lowest BCUT2D eigenvalue weighted by Gasteiger charge is -2.13. The molecule has 162 valence electrons. The molecule has 4 nitrogen and oxygen atoms in total. The number of hydrogen-bond acceptors (Lipinski definition) is 5. The Morgan fingerprint density at radius 1 is 0.839 bits per heavy atom. The fraction of sp³-hybridized carbons (Fsp3) is 0.385. The highest BCUT2D eigenvalue weighted by molar-refractivity contribution is 7.17. The Balaban J connectivity index is 1.61. The van der Waals surface area contributed by atoms with Crippen LogP contribution in [0.5, 0.6) is 11.5 Å². The van der Waals surface area contributed by atoms with Crippen molar-refractivity contribution in [2.24, 2.45) is 0 Å². The van der Waals surface area contributed by atoms with Gasteiger partial charge in [-0.15, -0.1) is 16.6 Å². The Labute approximate surface area is 189 Å². The van der Waals surface area contributed by atoms with Gasteiger partial charge in [-0.25, -0.2) is 0 Å². The molecule has 3 aromatic rings. The zero-order chi connectivity index (χ0) is 21.9. The zero-order valence-electron chi connectivity index (χ0n) is 18.3. The molecule has 0 amide bonds. The normalized spacial score (nSPS) is 11.6. The van der Waals surface area contributed by atoms with Gasteiger partial charge in [0, 0.05) is 11.1 Å². The van der Waals surface area contributed by atoms with E-state index in [1.807, 2.05) is 48.5 Å². The minimum absolute atomic E-state index is 0.181. The van der Waals surface area contributed by atoms with Crippen LogP contribution in [0, 0.1) is 12.3 Å². The molecular weight excluding hydrogens is 404 g/mol. The second-order valence-electron chi connectivity index (χ2n) is 7.43. The van der Waals surface area contributed by atoms with Gasteiger partial charge in [0.25, 0.3) is 0 Å². The molecule has 0 saturated heterocycles. The maximum Gasteiger partial charge on any atom is 0.158 e. The number of aromatic nitrogens is 2. The molecule has 31 heavy (non-hydrogen) atoms. The highest BCUT2D eigenvalue weighted by atomic mass is 32.1. The topological polar surface area (TPSA) is 44.2 Å². The van der Waals surface area contributed by atoms with E-state index < -0.39 is 0 Å². The SMILES string of the molecule is C#C[C@H](CCCCC)Oc1ccc(-c2nnc(-c3ccc(OCCCC)cc3)s2)cc1.